The van der Waals surface area contributed by atoms with Crippen LogP contribution in [-0.4, -0.2) is 101 Å². The highest BCUT2D eigenvalue weighted by Gasteiger charge is 2.30. The molecule has 0 saturated carbocycles. The number of rotatable bonds is 8. The molecule has 174 valence electrons. The van der Waals surface area contributed by atoms with Gasteiger partial charge in [-0.15, -0.1) is 0 Å². The van der Waals surface area contributed by atoms with Gasteiger partial charge in [0.1, 0.15) is 4.90 Å². The fraction of sp³-hybridized carbons (Fsp3) is 0.650. The molecular weight excluding hydrogens is 463 g/mol. The summed E-state index contributed by atoms with van der Waals surface area (Å²) in [6.45, 7) is 10.00. The number of halogens is 2. The minimum atomic E-state index is -3.84. The Bertz CT molecular complexity index is 870. The Morgan fingerprint density at radius 3 is 2.32 bits per heavy atom. The van der Waals surface area contributed by atoms with E-state index in [1.54, 1.807) is 0 Å². The Morgan fingerprint density at radius 2 is 1.68 bits per heavy atom. The van der Waals surface area contributed by atoms with Gasteiger partial charge in [-0.3, -0.25) is 4.79 Å². The molecule has 0 unspecified atom stereocenters. The van der Waals surface area contributed by atoms with Crippen molar-refractivity contribution in [3.63, 3.8) is 0 Å². The van der Waals surface area contributed by atoms with Crippen molar-refractivity contribution >= 4 is 39.1 Å². The van der Waals surface area contributed by atoms with Crippen molar-refractivity contribution in [2.75, 3.05) is 72.1 Å². The van der Waals surface area contributed by atoms with Gasteiger partial charge in [0.25, 0.3) is 5.91 Å². The van der Waals surface area contributed by atoms with Gasteiger partial charge in [0.2, 0.25) is 10.0 Å². The van der Waals surface area contributed by atoms with Crippen molar-refractivity contribution in [3.8, 4) is 0 Å². The molecule has 2 fully saturated rings. The van der Waals surface area contributed by atoms with E-state index < -0.39 is 15.9 Å². The summed E-state index contributed by atoms with van der Waals surface area (Å²) in [4.78, 5) is 17.4. The van der Waals surface area contributed by atoms with Gasteiger partial charge >= 0.3 is 0 Å². The molecule has 31 heavy (non-hydrogen) atoms. The molecule has 8 nitrogen and oxygen atoms in total. The highest BCUT2D eigenvalue weighted by molar-refractivity contribution is 7.89. The molecule has 0 atom stereocenters. The van der Waals surface area contributed by atoms with Crippen molar-refractivity contribution in [2.24, 2.45) is 0 Å². The quantitative estimate of drug-likeness (QED) is 0.556. The average Bonchev–Trinajstić information content (AvgIpc) is 2.77. The molecule has 0 spiro atoms. The molecule has 2 heterocycles. The first-order valence-corrected chi connectivity index (χ1v) is 12.8. The van der Waals surface area contributed by atoms with Crippen LogP contribution in [0.15, 0.2) is 17.0 Å². The molecule has 2 aliphatic heterocycles. The molecule has 1 amide bonds. The van der Waals surface area contributed by atoms with Gasteiger partial charge < -0.3 is 19.9 Å². The minimum absolute atomic E-state index is 0.000682. The van der Waals surface area contributed by atoms with Gasteiger partial charge in [-0.05, 0) is 31.6 Å². The van der Waals surface area contributed by atoms with Crippen molar-refractivity contribution in [3.05, 3.63) is 27.7 Å². The number of ether oxygens (including phenoxy) is 1. The van der Waals surface area contributed by atoms with E-state index in [9.17, 15) is 13.2 Å². The zero-order valence-corrected chi connectivity index (χ0v) is 20.1. The maximum Gasteiger partial charge on any atom is 0.252 e. The van der Waals surface area contributed by atoms with E-state index in [1.165, 1.54) is 16.4 Å². The third kappa shape index (κ3) is 6.31. The lowest BCUT2D eigenvalue weighted by atomic mass is 10.2. The number of piperazine rings is 1. The average molecular weight is 493 g/mol. The molecule has 1 aromatic rings. The number of likely N-dealkylation sites (N-methyl/N-ethyl adjacent to an activating group) is 1. The van der Waals surface area contributed by atoms with Crippen LogP contribution in [0.4, 0.5) is 0 Å². The predicted molar refractivity (Wildman–Crippen MR) is 122 cm³/mol. The SMILES string of the molecule is CCN1CCN(CCCNC(=O)c2cc(S(=O)(=O)N3CCOCC3)c(Cl)cc2Cl)CC1. The first-order chi connectivity index (χ1) is 14.8. The van der Waals surface area contributed by atoms with Crippen LogP contribution in [0.5, 0.6) is 0 Å². The van der Waals surface area contributed by atoms with Crippen LogP contribution in [0.25, 0.3) is 0 Å². The van der Waals surface area contributed by atoms with E-state index in [0.717, 1.165) is 45.7 Å². The molecule has 0 aromatic heterocycles. The van der Waals surface area contributed by atoms with Crippen LogP contribution in [0.1, 0.15) is 23.7 Å². The number of carbonyl (C=O) groups is 1. The van der Waals surface area contributed by atoms with Crippen LogP contribution < -0.4 is 5.32 Å². The maximum atomic E-state index is 13.0. The number of hydrogen-bond donors (Lipinski definition) is 1. The molecule has 3 rings (SSSR count). The summed E-state index contributed by atoms with van der Waals surface area (Å²) in [5.41, 5.74) is 0.106. The van der Waals surface area contributed by atoms with Gasteiger partial charge in [0, 0.05) is 45.8 Å². The van der Waals surface area contributed by atoms with Crippen LogP contribution in [0, 0.1) is 0 Å². The molecular formula is C20H30Cl2N4O4S. The number of carbonyl (C=O) groups excluding carboxylic acids is 1. The van der Waals surface area contributed by atoms with Crippen molar-refractivity contribution < 1.29 is 17.9 Å². The van der Waals surface area contributed by atoms with E-state index in [1.807, 2.05) is 0 Å². The zero-order chi connectivity index (χ0) is 22.4. The molecule has 0 radical (unpaired) electrons. The molecule has 11 heteroatoms. The first-order valence-electron chi connectivity index (χ1n) is 10.6. The summed E-state index contributed by atoms with van der Waals surface area (Å²) in [6.07, 6.45) is 0.808. The van der Waals surface area contributed by atoms with E-state index >= 15 is 0 Å². The van der Waals surface area contributed by atoms with Crippen LogP contribution in [-0.2, 0) is 14.8 Å². The fourth-order valence-electron chi connectivity index (χ4n) is 3.76. The molecule has 0 bridgehead atoms. The number of hydrogen-bond acceptors (Lipinski definition) is 6. The molecule has 1 aromatic carbocycles. The number of benzene rings is 1. The third-order valence-corrected chi connectivity index (χ3v) is 8.38. The largest absolute Gasteiger partial charge is 0.379 e. The fourth-order valence-corrected chi connectivity index (χ4v) is 6.00. The molecule has 2 saturated heterocycles. The summed E-state index contributed by atoms with van der Waals surface area (Å²) in [5.74, 6) is -0.407. The minimum Gasteiger partial charge on any atom is -0.379 e. The van der Waals surface area contributed by atoms with E-state index in [4.69, 9.17) is 27.9 Å². The maximum absolute atomic E-state index is 13.0. The number of sulfonamides is 1. The second-order valence-electron chi connectivity index (χ2n) is 7.66. The van der Waals surface area contributed by atoms with Gasteiger partial charge in [0.05, 0.1) is 28.8 Å². The molecule has 2 aliphatic rings. The monoisotopic (exact) mass is 492 g/mol. The number of morpholine rings is 1. The summed E-state index contributed by atoms with van der Waals surface area (Å²) < 4.78 is 32.5. The summed E-state index contributed by atoms with van der Waals surface area (Å²) in [7, 11) is -3.84. The number of amides is 1. The second kappa shape index (κ2) is 11.3. The normalized spacial score (nSPS) is 19.5. The van der Waals surface area contributed by atoms with E-state index in [2.05, 4.69) is 22.0 Å². The van der Waals surface area contributed by atoms with Crippen LogP contribution >= 0.6 is 23.2 Å². The van der Waals surface area contributed by atoms with E-state index in [0.29, 0.717) is 19.8 Å². The van der Waals surface area contributed by atoms with Gasteiger partial charge in [-0.1, -0.05) is 30.1 Å². The van der Waals surface area contributed by atoms with Gasteiger partial charge in [-0.2, -0.15) is 4.31 Å². The Balaban J connectivity index is 1.59. The second-order valence-corrected chi connectivity index (χ2v) is 10.4. The lowest BCUT2D eigenvalue weighted by Gasteiger charge is -2.33. The Hall–Kier alpha value is -0.940. The molecule has 0 aliphatic carbocycles. The Kier molecular flexibility index (Phi) is 8.98. The highest BCUT2D eigenvalue weighted by atomic mass is 35.5. The summed E-state index contributed by atoms with van der Waals surface area (Å²) in [6, 6.07) is 2.59. The Labute approximate surface area is 194 Å². The predicted octanol–water partition coefficient (Wildman–Crippen LogP) is 1.77. The lowest BCUT2D eigenvalue weighted by Crippen LogP contribution is -2.46. The van der Waals surface area contributed by atoms with Crippen LogP contribution in [0.3, 0.4) is 0 Å². The summed E-state index contributed by atoms with van der Waals surface area (Å²) >= 11 is 12.4. The third-order valence-electron chi connectivity index (χ3n) is 5.70. The standard InChI is InChI=1S/C20H30Cl2N4O4S/c1-2-24-6-8-25(9-7-24)5-3-4-23-20(27)16-14-19(18(22)15-17(16)21)31(28,29)26-10-12-30-13-11-26/h14-15H,2-13H2,1H3,(H,23,27). The Morgan fingerprint density at radius 1 is 1.03 bits per heavy atom. The van der Waals surface area contributed by atoms with Gasteiger partial charge in [0.15, 0.2) is 0 Å². The smallest absolute Gasteiger partial charge is 0.252 e. The zero-order valence-electron chi connectivity index (χ0n) is 17.8. The number of nitrogens with zero attached hydrogens (tertiary/aromatic N) is 3. The first kappa shape index (κ1) is 24.7. The topological polar surface area (TPSA) is 82.2 Å². The lowest BCUT2D eigenvalue weighted by molar-refractivity contribution is 0.0730. The van der Waals surface area contributed by atoms with Crippen LogP contribution in [0.2, 0.25) is 10.0 Å². The van der Waals surface area contributed by atoms with Crippen molar-refractivity contribution in [1.82, 2.24) is 19.4 Å². The van der Waals surface area contributed by atoms with Crippen molar-refractivity contribution in [2.45, 2.75) is 18.2 Å². The van der Waals surface area contributed by atoms with Gasteiger partial charge in [-0.25, -0.2) is 8.42 Å². The summed E-state index contributed by atoms with van der Waals surface area (Å²) in [5, 5.41) is 2.97. The highest BCUT2D eigenvalue weighted by Crippen LogP contribution is 2.31. The molecule has 1 N–H and O–H groups in total. The van der Waals surface area contributed by atoms with Crippen molar-refractivity contribution in [1.29, 1.82) is 0 Å². The van der Waals surface area contributed by atoms with E-state index in [-0.39, 0.29) is 33.6 Å². The number of nitrogens with one attached hydrogen (secondary N) is 1.